The highest BCUT2D eigenvalue weighted by Crippen LogP contribution is 2.66. The van der Waals surface area contributed by atoms with Gasteiger partial charge in [0.15, 0.2) is 40.4 Å². The minimum absolute atomic E-state index is 0.479. The van der Waals surface area contributed by atoms with Crippen LogP contribution in [0.5, 0.6) is 0 Å². The number of rotatable bonds is 8. The molecule has 60 heteroatoms. The van der Waals surface area contributed by atoms with Gasteiger partial charge in [0.1, 0.15) is 22.9 Å². The third-order valence-corrected chi connectivity index (χ3v) is 19.1. The fourth-order valence-corrected chi connectivity index (χ4v) is 14.0. The number of fused-ring (bicyclic) bond motifs is 4. The Morgan fingerprint density at radius 2 is 0.798 bits per heavy atom. The molecule has 11 nitrogen and oxygen atoms in total. The van der Waals surface area contributed by atoms with Gasteiger partial charge in [-0.05, 0) is 34.6 Å². The number of halogens is 48. The van der Waals surface area contributed by atoms with Gasteiger partial charge in [-0.15, -0.1) is 16.0 Å². The first-order valence-corrected chi connectivity index (χ1v) is 29.1. The van der Waals surface area contributed by atoms with Crippen LogP contribution in [-0.4, -0.2) is 115 Å². The molecule has 0 amide bonds. The molecule has 0 saturated heterocycles. The van der Waals surface area contributed by atoms with Crippen molar-refractivity contribution >= 4 is 74.1 Å². The molecule has 6 aliphatic heterocycles. The van der Waals surface area contributed by atoms with E-state index in [-0.39, 0.29) is 0 Å². The molecule has 626 valence electrons. The van der Waals surface area contributed by atoms with Crippen LogP contribution < -0.4 is 21.8 Å². The van der Waals surface area contributed by atoms with Gasteiger partial charge in [-0.1, -0.05) is 5.53 Å². The number of carboxylic acid groups (broad SMARTS) is 1. The molecule has 3 unspecified atom stereocenters. The SMILES string of the molecule is CC(F)(c1c(F)c(F)c(C(F)(C(F)(F)F)C(F)(F)F)c2c1C1=[N+]3N[N+]4=C5N=c6c7c(C=C(C(=O)O)C(F)(F)F)sc(C(F)(F)F)c7c(n6Cn6c(c7c(C(F)(C(F)(F)F)C(F)(F)F)c(F)c(F)c(C(C)(F)C(F)(F)F)c7c6NC4c4c5c(C(F)(C(F)(F)F)C(F)(F)F)c(F)c(F)c4C(F)(C(F)(F)F)C(F)(F)F)N=C23)=N1)C(F)(F)F. The summed E-state index contributed by atoms with van der Waals surface area (Å²) in [5.41, 5.74) is -103. The van der Waals surface area contributed by atoms with Crippen molar-refractivity contribution in [2.75, 3.05) is 5.32 Å². The Morgan fingerprint density at radius 1 is 0.430 bits per heavy atom. The molecule has 114 heavy (non-hydrogen) atoms. The van der Waals surface area contributed by atoms with Gasteiger partial charge in [0.05, 0.1) is 55.3 Å². The molecule has 3 N–H and O–H groups in total. The molecule has 0 fully saturated rings. The predicted molar refractivity (Wildman–Crippen MR) is 272 cm³/mol. The van der Waals surface area contributed by atoms with Crippen molar-refractivity contribution in [3.63, 3.8) is 0 Å². The molecule has 12 bridgehead atoms. The Hall–Kier alpha value is -9.50. The van der Waals surface area contributed by atoms with Gasteiger partial charge in [-0.2, -0.15) is 163 Å². The van der Waals surface area contributed by atoms with Crippen LogP contribution in [0.15, 0.2) is 20.6 Å². The maximum absolute atomic E-state index is 17.5. The van der Waals surface area contributed by atoms with Gasteiger partial charge in [0.25, 0.3) is 17.1 Å². The summed E-state index contributed by atoms with van der Waals surface area (Å²) in [6.07, 6.45) is -105. The normalized spacial score (nSPS) is 18.3. The average molecular weight is 1760 g/mol. The second-order valence-corrected chi connectivity index (χ2v) is 25.5. The molecule has 0 radical (unpaired) electrons. The number of carboxylic acids is 1. The van der Waals surface area contributed by atoms with Crippen molar-refractivity contribution in [1.82, 2.24) is 14.7 Å². The van der Waals surface area contributed by atoms with Crippen LogP contribution in [0.25, 0.3) is 27.6 Å². The minimum atomic E-state index is -8.70. The van der Waals surface area contributed by atoms with Gasteiger partial charge >= 0.3 is 114 Å². The van der Waals surface area contributed by atoms with E-state index in [1.54, 1.807) is 0 Å². The van der Waals surface area contributed by atoms with E-state index in [1.807, 2.05) is 0 Å². The highest BCUT2D eigenvalue weighted by Gasteiger charge is 2.82. The molecular formula is C54H13F48N9O2S+2. The summed E-state index contributed by atoms with van der Waals surface area (Å²) in [5.74, 6) is -52.2. The first-order chi connectivity index (χ1) is 50.6. The Balaban J connectivity index is 1.73. The fraction of sp³-hybridized carbons (Fsp3) is 0.407. The first kappa shape index (κ1) is 85.4. The number of hydrazine groups is 2. The summed E-state index contributed by atoms with van der Waals surface area (Å²) in [7, 11) is 0. The molecule has 0 saturated carbocycles. The van der Waals surface area contributed by atoms with E-state index >= 15 is 198 Å². The van der Waals surface area contributed by atoms with E-state index in [2.05, 4.69) is 15.0 Å². The molecule has 3 aromatic heterocycles. The number of hydrogen-bond donors (Lipinski definition) is 3. The number of anilines is 1. The molecule has 0 spiro atoms. The summed E-state index contributed by atoms with van der Waals surface area (Å²) in [6.45, 7) is -6.49. The van der Waals surface area contributed by atoms with E-state index in [9.17, 15) is 23.1 Å². The number of aliphatic carboxylic acids is 1. The molecule has 12 rings (SSSR count). The standard InChI is InChI=1S/C54H11F48N9O2S/c1-37(61,45(73,74)75)15-8-10(17(23(57)21(15)55)39(63,47(79,80)81)48(82,83)84)30-105-33-11-9(16(38(2,62)46(76,77)78)22(56)24(58)18(11)40(64,49(85,86)87)50(88,89)90)32-106-31-14-7(6(114-27(14)44(70,71)72)3-5(36(112)113)43(67,68)69)28-103-34-12-13(35(111(34)107-110(32)33)104-29(8)109(30)4-108(28)31)20(42(66,53(97,98)99)54(100,101)102)26(60)25(59)19(12)41(65,51(91,92)93)52(94,95)96/h3,35,107H,4H2,1-2H3/p+2. The lowest BCUT2D eigenvalue weighted by molar-refractivity contribution is -0.786. The highest BCUT2D eigenvalue weighted by molar-refractivity contribution is 7.14. The Kier molecular flexibility index (Phi) is 17.7. The number of nitrogens with zero attached hydrogens (tertiary/aromatic N) is 7. The van der Waals surface area contributed by atoms with Gasteiger partial charge in [-0.25, -0.2) is 57.5 Å². The van der Waals surface area contributed by atoms with Crippen LogP contribution in [-0.2, 0) is 51.7 Å². The van der Waals surface area contributed by atoms with E-state index < -0.39 is 344 Å². The van der Waals surface area contributed by atoms with Crippen LogP contribution in [0.2, 0.25) is 0 Å². The second-order valence-electron chi connectivity index (χ2n) is 24.4. The third-order valence-electron chi connectivity index (χ3n) is 17.9. The summed E-state index contributed by atoms with van der Waals surface area (Å²) >= 11 is -1.78. The van der Waals surface area contributed by atoms with Gasteiger partial charge in [0.2, 0.25) is 17.5 Å². The number of carbonyl (C=O) groups is 1. The van der Waals surface area contributed by atoms with E-state index in [0.29, 0.717) is 10.9 Å². The van der Waals surface area contributed by atoms with Crippen molar-refractivity contribution in [2.45, 2.75) is 135 Å². The van der Waals surface area contributed by atoms with Gasteiger partial charge in [0, 0.05) is 26.8 Å². The van der Waals surface area contributed by atoms with E-state index in [0.717, 1.165) is 0 Å². The van der Waals surface area contributed by atoms with Crippen molar-refractivity contribution in [1.29, 1.82) is 0 Å². The zero-order valence-corrected chi connectivity index (χ0v) is 52.7. The van der Waals surface area contributed by atoms with Crippen LogP contribution in [0.3, 0.4) is 0 Å². The number of amidine groups is 3. The summed E-state index contributed by atoms with van der Waals surface area (Å²) in [4.78, 5) is 14.9. The number of aromatic nitrogens is 2. The number of alkyl halides is 42. The lowest BCUT2D eigenvalue weighted by Crippen LogP contribution is -2.54. The van der Waals surface area contributed by atoms with Gasteiger partial charge in [-0.3, -0.25) is 9.13 Å². The zero-order valence-electron chi connectivity index (χ0n) is 51.9. The number of aliphatic imine (C=N–C) groups is 1. The number of benzene rings is 3. The van der Waals surface area contributed by atoms with Crippen LogP contribution in [0.1, 0.15) is 85.4 Å². The summed E-state index contributed by atoms with van der Waals surface area (Å²) < 4.78 is 761. The second kappa shape index (κ2) is 23.6. The predicted octanol–water partition coefficient (Wildman–Crippen LogP) is 19.1. The van der Waals surface area contributed by atoms with E-state index in [4.69, 9.17) is 0 Å². The maximum Gasteiger partial charge on any atom is 0.436 e. The van der Waals surface area contributed by atoms with Crippen LogP contribution >= 0.6 is 11.3 Å². The third kappa shape index (κ3) is 10.8. The van der Waals surface area contributed by atoms with Crippen LogP contribution in [0.4, 0.5) is 222 Å². The summed E-state index contributed by atoms with van der Waals surface area (Å²) in [6, 6.07) is 0. The minimum Gasteiger partial charge on any atom is -0.478 e. The number of thiophene rings is 1. The Morgan fingerprint density at radius 3 is 1.21 bits per heavy atom. The maximum atomic E-state index is 17.5. The number of hydrogen-bond acceptors (Lipinski definition) is 7. The van der Waals surface area contributed by atoms with E-state index in [1.165, 1.54) is 0 Å². The van der Waals surface area contributed by atoms with Crippen LogP contribution in [0, 0.1) is 34.9 Å². The molecule has 9 heterocycles. The largest absolute Gasteiger partial charge is 0.478 e. The molecule has 3 aromatic carbocycles. The van der Waals surface area contributed by atoms with Crippen molar-refractivity contribution in [3.05, 3.63) is 117 Å². The Labute approximate surface area is 590 Å². The smallest absolute Gasteiger partial charge is 0.436 e. The van der Waals surface area contributed by atoms with Crippen molar-refractivity contribution < 1.29 is 230 Å². The average Bonchev–Trinajstić information content (AvgIpc) is 1.46. The molecular weight excluding hydrogens is 1750 g/mol. The van der Waals surface area contributed by atoms with Crippen molar-refractivity contribution in [3.8, 4) is 0 Å². The van der Waals surface area contributed by atoms with Gasteiger partial charge < -0.3 is 10.4 Å². The highest BCUT2D eigenvalue weighted by atomic mass is 32.1. The number of nitrogens with one attached hydrogen (secondary N) is 2. The summed E-state index contributed by atoms with van der Waals surface area (Å²) in [5, 5.41) is -3.86. The molecule has 6 aliphatic rings. The van der Waals surface area contributed by atoms with Crippen molar-refractivity contribution in [2.24, 2.45) is 15.0 Å². The Bertz CT molecular complexity index is 5470. The molecule has 0 aliphatic carbocycles. The number of hydrazone groups is 2. The molecule has 6 aromatic rings. The monoisotopic (exact) mass is 1760 g/mol. The lowest BCUT2D eigenvalue weighted by atomic mass is 9.79. The first-order valence-electron chi connectivity index (χ1n) is 28.3. The zero-order chi connectivity index (χ0) is 87.4. The molecule has 3 atom stereocenters. The lowest BCUT2D eigenvalue weighted by Gasteiger charge is -2.35. The quantitative estimate of drug-likeness (QED) is 0.0800. The fourth-order valence-electron chi connectivity index (χ4n) is 12.9. The topological polar surface area (TPSA) is 114 Å².